The summed E-state index contributed by atoms with van der Waals surface area (Å²) in [6.45, 7) is 0.330. The summed E-state index contributed by atoms with van der Waals surface area (Å²) < 4.78 is 5.65. The molecule has 0 aliphatic rings. The Morgan fingerprint density at radius 1 is 1.19 bits per heavy atom. The first-order valence-corrected chi connectivity index (χ1v) is 7.83. The van der Waals surface area contributed by atoms with E-state index in [4.69, 9.17) is 10.5 Å². The van der Waals surface area contributed by atoms with Crippen molar-refractivity contribution >= 4 is 29.0 Å². The summed E-state index contributed by atoms with van der Waals surface area (Å²) in [7, 11) is 0. The van der Waals surface area contributed by atoms with Gasteiger partial charge in [0.1, 0.15) is 5.75 Å². The monoisotopic (exact) mass is 302 g/mol. The Balaban J connectivity index is 1.83. The van der Waals surface area contributed by atoms with Crippen molar-refractivity contribution < 1.29 is 9.53 Å². The maximum atomic E-state index is 11.9. The first kappa shape index (κ1) is 15.3. The van der Waals surface area contributed by atoms with Crippen LogP contribution in [0, 0.1) is 0 Å². The van der Waals surface area contributed by atoms with Crippen LogP contribution in [0.2, 0.25) is 0 Å². The van der Waals surface area contributed by atoms with E-state index in [1.165, 1.54) is 0 Å². The van der Waals surface area contributed by atoms with Crippen LogP contribution in [0.1, 0.15) is 6.42 Å². The molecule has 0 saturated carbocycles. The number of nitrogens with one attached hydrogen (secondary N) is 1. The molecule has 0 spiro atoms. The Hall–Kier alpha value is -2.14. The number of para-hydroxylation sites is 3. The molecule has 0 bridgehead atoms. The minimum atomic E-state index is -0.116. The lowest BCUT2D eigenvalue weighted by atomic mass is 10.2. The first-order chi connectivity index (χ1) is 10.2. The largest absolute Gasteiger partial charge is 0.492 e. The number of anilines is 2. The fraction of sp³-hybridized carbons (Fsp3) is 0.188. The van der Waals surface area contributed by atoms with Crippen LogP contribution in [-0.2, 0) is 4.79 Å². The van der Waals surface area contributed by atoms with Crippen molar-refractivity contribution in [3.05, 3.63) is 48.5 Å². The molecule has 2 aromatic rings. The van der Waals surface area contributed by atoms with Gasteiger partial charge in [-0.2, -0.15) is 0 Å². The van der Waals surface area contributed by atoms with E-state index in [0.717, 1.165) is 10.6 Å². The fourth-order valence-electron chi connectivity index (χ4n) is 1.82. The molecule has 1 amide bonds. The minimum absolute atomic E-state index is 0.116. The molecular formula is C16H18N2O2S. The SMILES string of the molecule is CSc1ccccc1OCCC(=O)Nc1ccccc1N. The third kappa shape index (κ3) is 4.43. The van der Waals surface area contributed by atoms with Gasteiger partial charge in [0.15, 0.2) is 0 Å². The van der Waals surface area contributed by atoms with Crippen molar-refractivity contribution in [1.82, 2.24) is 0 Å². The second-order valence-corrected chi connectivity index (χ2v) is 5.23. The zero-order chi connectivity index (χ0) is 15.1. The van der Waals surface area contributed by atoms with Crippen molar-refractivity contribution in [3.8, 4) is 5.75 Å². The maximum absolute atomic E-state index is 11.9. The predicted octanol–water partition coefficient (Wildman–Crippen LogP) is 3.40. The Morgan fingerprint density at radius 3 is 2.67 bits per heavy atom. The van der Waals surface area contributed by atoms with Crippen LogP contribution < -0.4 is 15.8 Å². The van der Waals surface area contributed by atoms with Gasteiger partial charge in [-0.15, -0.1) is 11.8 Å². The molecule has 2 aromatic carbocycles. The number of carbonyl (C=O) groups excluding carboxylic acids is 1. The summed E-state index contributed by atoms with van der Waals surface area (Å²) in [6, 6.07) is 15.0. The van der Waals surface area contributed by atoms with Crippen LogP contribution >= 0.6 is 11.8 Å². The highest BCUT2D eigenvalue weighted by Crippen LogP contribution is 2.26. The number of nitrogen functional groups attached to an aromatic ring is 1. The molecule has 2 rings (SSSR count). The highest BCUT2D eigenvalue weighted by molar-refractivity contribution is 7.98. The quantitative estimate of drug-likeness (QED) is 0.634. The third-order valence-electron chi connectivity index (χ3n) is 2.89. The molecule has 0 aliphatic heterocycles. The zero-order valence-corrected chi connectivity index (χ0v) is 12.7. The van der Waals surface area contributed by atoms with Gasteiger partial charge in [-0.05, 0) is 30.5 Å². The summed E-state index contributed by atoms with van der Waals surface area (Å²) in [5.41, 5.74) is 6.96. The van der Waals surface area contributed by atoms with Crippen LogP contribution in [0.15, 0.2) is 53.4 Å². The van der Waals surface area contributed by atoms with E-state index in [2.05, 4.69) is 5.32 Å². The minimum Gasteiger partial charge on any atom is -0.492 e. The van der Waals surface area contributed by atoms with Gasteiger partial charge in [0.05, 0.1) is 24.4 Å². The smallest absolute Gasteiger partial charge is 0.227 e. The number of hydrogen-bond acceptors (Lipinski definition) is 4. The Bertz CT molecular complexity index is 617. The van der Waals surface area contributed by atoms with Gasteiger partial charge in [0.25, 0.3) is 0 Å². The molecule has 3 N–H and O–H groups in total. The number of nitrogens with two attached hydrogens (primary N) is 1. The van der Waals surface area contributed by atoms with Crippen molar-refractivity contribution in [3.63, 3.8) is 0 Å². The molecule has 0 unspecified atom stereocenters. The van der Waals surface area contributed by atoms with E-state index < -0.39 is 0 Å². The number of carbonyl (C=O) groups is 1. The number of benzene rings is 2. The lowest BCUT2D eigenvalue weighted by Gasteiger charge is -2.10. The molecule has 0 atom stereocenters. The van der Waals surface area contributed by atoms with Crippen LogP contribution in [0.3, 0.4) is 0 Å². The Labute approximate surface area is 128 Å². The second-order valence-electron chi connectivity index (χ2n) is 4.38. The van der Waals surface area contributed by atoms with E-state index in [9.17, 15) is 4.79 Å². The van der Waals surface area contributed by atoms with Crippen LogP contribution in [0.25, 0.3) is 0 Å². The van der Waals surface area contributed by atoms with Gasteiger partial charge in [-0.25, -0.2) is 0 Å². The summed E-state index contributed by atoms with van der Waals surface area (Å²) in [4.78, 5) is 12.9. The molecule has 110 valence electrons. The number of rotatable bonds is 6. The molecule has 4 nitrogen and oxygen atoms in total. The van der Waals surface area contributed by atoms with E-state index in [1.807, 2.05) is 42.7 Å². The van der Waals surface area contributed by atoms with E-state index >= 15 is 0 Å². The van der Waals surface area contributed by atoms with E-state index in [-0.39, 0.29) is 12.3 Å². The predicted molar refractivity (Wildman–Crippen MR) is 87.8 cm³/mol. The van der Waals surface area contributed by atoms with Crippen molar-refractivity contribution in [2.75, 3.05) is 23.9 Å². The summed E-state index contributed by atoms with van der Waals surface area (Å²) in [5, 5.41) is 2.78. The number of ether oxygens (including phenoxy) is 1. The van der Waals surface area contributed by atoms with Crippen molar-refractivity contribution in [1.29, 1.82) is 0 Å². The van der Waals surface area contributed by atoms with E-state index in [1.54, 1.807) is 23.9 Å². The lowest BCUT2D eigenvalue weighted by Crippen LogP contribution is -2.16. The number of hydrogen-bond donors (Lipinski definition) is 2. The molecule has 5 heteroatoms. The summed E-state index contributed by atoms with van der Waals surface area (Å²) >= 11 is 1.62. The van der Waals surface area contributed by atoms with Crippen LogP contribution in [0.5, 0.6) is 5.75 Å². The average Bonchev–Trinajstić information content (AvgIpc) is 2.50. The summed E-state index contributed by atoms with van der Waals surface area (Å²) in [6.07, 6.45) is 2.27. The number of thioether (sulfide) groups is 1. The van der Waals surface area contributed by atoms with Crippen molar-refractivity contribution in [2.24, 2.45) is 0 Å². The van der Waals surface area contributed by atoms with Gasteiger partial charge in [0.2, 0.25) is 5.91 Å². The van der Waals surface area contributed by atoms with Crippen molar-refractivity contribution in [2.45, 2.75) is 11.3 Å². The standard InChI is InChI=1S/C16H18N2O2S/c1-21-15-9-5-4-8-14(15)20-11-10-16(19)18-13-7-3-2-6-12(13)17/h2-9H,10-11,17H2,1H3,(H,18,19). The van der Waals surface area contributed by atoms with Gasteiger partial charge < -0.3 is 15.8 Å². The lowest BCUT2D eigenvalue weighted by molar-refractivity contribution is -0.116. The molecule has 0 saturated heterocycles. The van der Waals surface area contributed by atoms with Crippen LogP contribution in [-0.4, -0.2) is 18.8 Å². The maximum Gasteiger partial charge on any atom is 0.227 e. The Kier molecular flexibility index (Phi) is 5.51. The summed E-state index contributed by atoms with van der Waals surface area (Å²) in [5.74, 6) is 0.687. The molecule has 0 aliphatic carbocycles. The van der Waals surface area contributed by atoms with Gasteiger partial charge >= 0.3 is 0 Å². The normalized spacial score (nSPS) is 10.1. The third-order valence-corrected chi connectivity index (χ3v) is 3.67. The van der Waals surface area contributed by atoms with Gasteiger partial charge in [0, 0.05) is 4.90 Å². The highest BCUT2D eigenvalue weighted by Gasteiger charge is 2.06. The average molecular weight is 302 g/mol. The molecule has 0 radical (unpaired) electrons. The zero-order valence-electron chi connectivity index (χ0n) is 11.8. The molecule has 0 aromatic heterocycles. The van der Waals surface area contributed by atoms with Gasteiger partial charge in [-0.1, -0.05) is 24.3 Å². The Morgan fingerprint density at radius 2 is 1.90 bits per heavy atom. The first-order valence-electron chi connectivity index (χ1n) is 6.61. The molecule has 21 heavy (non-hydrogen) atoms. The highest BCUT2D eigenvalue weighted by atomic mass is 32.2. The molecular weight excluding hydrogens is 284 g/mol. The van der Waals surface area contributed by atoms with Gasteiger partial charge in [-0.3, -0.25) is 4.79 Å². The second kappa shape index (κ2) is 7.59. The van der Waals surface area contributed by atoms with E-state index in [0.29, 0.717) is 18.0 Å². The van der Waals surface area contributed by atoms with Crippen LogP contribution in [0.4, 0.5) is 11.4 Å². The molecule has 0 heterocycles. The topological polar surface area (TPSA) is 64.3 Å². The number of amides is 1. The molecule has 0 fully saturated rings. The fourth-order valence-corrected chi connectivity index (χ4v) is 2.36.